The van der Waals surface area contributed by atoms with Gasteiger partial charge in [0.1, 0.15) is 5.75 Å². The maximum absolute atomic E-state index is 12.1. The minimum Gasteiger partial charge on any atom is -0.476 e. The van der Waals surface area contributed by atoms with Crippen LogP contribution in [0.1, 0.15) is 32.8 Å². The smallest absolute Gasteiger partial charge is 0.350 e. The molecule has 4 nitrogen and oxygen atoms in total. The Morgan fingerprint density at radius 1 is 1.08 bits per heavy atom. The second-order valence-electron chi connectivity index (χ2n) is 5.91. The van der Waals surface area contributed by atoms with Crippen molar-refractivity contribution < 1.29 is 14.3 Å². The number of benzene rings is 2. The molecule has 1 N–H and O–H groups in total. The highest BCUT2D eigenvalue weighted by Crippen LogP contribution is 2.23. The van der Waals surface area contributed by atoms with Gasteiger partial charge in [0.15, 0.2) is 0 Å². The Balaban J connectivity index is 0.00000338. The maximum Gasteiger partial charge on any atom is 0.350 e. The molecule has 0 saturated carbocycles. The molecule has 0 bridgehead atoms. The third kappa shape index (κ3) is 6.11. The van der Waals surface area contributed by atoms with Gasteiger partial charge in [-0.15, -0.1) is 12.4 Å². The summed E-state index contributed by atoms with van der Waals surface area (Å²) >= 11 is 5.88. The number of hydrogen-bond acceptors (Lipinski definition) is 4. The van der Waals surface area contributed by atoms with Gasteiger partial charge in [-0.05, 0) is 62.2 Å². The first-order valence-corrected chi connectivity index (χ1v) is 8.79. The van der Waals surface area contributed by atoms with Gasteiger partial charge in [0, 0.05) is 17.3 Å². The van der Waals surface area contributed by atoms with E-state index in [-0.39, 0.29) is 18.4 Å². The third-order valence-electron chi connectivity index (χ3n) is 3.99. The molecule has 1 atom stereocenters. The van der Waals surface area contributed by atoms with Crippen LogP contribution in [-0.4, -0.2) is 18.2 Å². The van der Waals surface area contributed by atoms with E-state index >= 15 is 0 Å². The van der Waals surface area contributed by atoms with Crippen molar-refractivity contribution in [3.05, 3.63) is 59.1 Å². The molecule has 2 aromatic rings. The molecule has 0 saturated heterocycles. The van der Waals surface area contributed by atoms with Gasteiger partial charge in [-0.25, -0.2) is 4.79 Å². The Kier molecular flexibility index (Phi) is 8.76. The normalized spacial score (nSPS) is 12.5. The number of hydrogen-bond donors (Lipinski definition) is 1. The zero-order valence-electron chi connectivity index (χ0n) is 15.3. The van der Waals surface area contributed by atoms with Crippen molar-refractivity contribution >= 4 is 35.7 Å². The van der Waals surface area contributed by atoms with Crippen LogP contribution in [0.25, 0.3) is 0 Å². The van der Waals surface area contributed by atoms with Crippen LogP contribution in [0.2, 0.25) is 5.02 Å². The van der Waals surface area contributed by atoms with Gasteiger partial charge in [0.2, 0.25) is 5.60 Å². The topological polar surface area (TPSA) is 47.6 Å². The van der Waals surface area contributed by atoms with Crippen LogP contribution in [0.15, 0.2) is 48.5 Å². The zero-order valence-corrected chi connectivity index (χ0v) is 16.8. The lowest BCUT2D eigenvalue weighted by Gasteiger charge is -2.27. The molecule has 0 aliphatic carbocycles. The van der Waals surface area contributed by atoms with Crippen molar-refractivity contribution in [2.75, 3.05) is 11.9 Å². The molecule has 142 valence electrons. The molecule has 0 aliphatic heterocycles. The fourth-order valence-electron chi connectivity index (χ4n) is 2.25. The quantitative estimate of drug-likeness (QED) is 0.598. The van der Waals surface area contributed by atoms with Crippen molar-refractivity contribution in [1.29, 1.82) is 0 Å². The molecule has 26 heavy (non-hydrogen) atoms. The van der Waals surface area contributed by atoms with Crippen LogP contribution in [0, 0.1) is 0 Å². The molecule has 0 aliphatic rings. The monoisotopic (exact) mass is 397 g/mol. The summed E-state index contributed by atoms with van der Waals surface area (Å²) in [7, 11) is 0. The van der Waals surface area contributed by atoms with E-state index in [2.05, 4.69) is 5.32 Å². The van der Waals surface area contributed by atoms with Crippen molar-refractivity contribution in [1.82, 2.24) is 0 Å². The number of nitrogens with one attached hydrogen (secondary N) is 1. The zero-order chi connectivity index (χ0) is 18.3. The number of carbonyl (C=O) groups is 1. The van der Waals surface area contributed by atoms with Crippen LogP contribution in [-0.2, 0) is 16.1 Å². The predicted octanol–water partition coefficient (Wildman–Crippen LogP) is 5.48. The van der Waals surface area contributed by atoms with E-state index in [0.717, 1.165) is 11.3 Å². The summed E-state index contributed by atoms with van der Waals surface area (Å²) in [5.74, 6) is 0.304. The van der Waals surface area contributed by atoms with Gasteiger partial charge in [0.25, 0.3) is 0 Å². The summed E-state index contributed by atoms with van der Waals surface area (Å²) in [6.07, 6.45) is 0.533. The number of anilines is 1. The second-order valence-corrected chi connectivity index (χ2v) is 6.35. The summed E-state index contributed by atoms with van der Waals surface area (Å²) in [6.45, 7) is 6.47. The molecule has 0 aromatic heterocycles. The first-order chi connectivity index (χ1) is 12.0. The highest BCUT2D eigenvalue weighted by Gasteiger charge is 2.35. The number of carbonyl (C=O) groups excluding carboxylic acids is 1. The maximum atomic E-state index is 12.1. The van der Waals surface area contributed by atoms with Crippen molar-refractivity contribution in [2.45, 2.75) is 39.3 Å². The summed E-state index contributed by atoms with van der Waals surface area (Å²) in [6, 6.07) is 15.2. The van der Waals surface area contributed by atoms with Gasteiger partial charge < -0.3 is 14.8 Å². The average molecular weight is 398 g/mol. The number of rotatable bonds is 8. The molecule has 1 unspecified atom stereocenters. The Morgan fingerprint density at radius 3 is 2.23 bits per heavy atom. The van der Waals surface area contributed by atoms with Crippen molar-refractivity contribution in [2.24, 2.45) is 0 Å². The number of halogens is 2. The molecular weight excluding hydrogens is 373 g/mol. The predicted molar refractivity (Wildman–Crippen MR) is 108 cm³/mol. The van der Waals surface area contributed by atoms with Crippen molar-refractivity contribution in [3.63, 3.8) is 0 Å². The number of ether oxygens (including phenoxy) is 2. The summed E-state index contributed by atoms with van der Waals surface area (Å²) in [5.41, 5.74) is 1.14. The summed E-state index contributed by atoms with van der Waals surface area (Å²) in [5, 5.41) is 4.04. The van der Waals surface area contributed by atoms with E-state index in [1.54, 1.807) is 13.8 Å². The van der Waals surface area contributed by atoms with Gasteiger partial charge >= 0.3 is 5.97 Å². The lowest BCUT2D eigenvalue weighted by atomic mass is 10.0. The van der Waals surface area contributed by atoms with Crippen LogP contribution < -0.4 is 10.1 Å². The minimum absolute atomic E-state index is 0. The Bertz CT molecular complexity index is 689. The highest BCUT2D eigenvalue weighted by molar-refractivity contribution is 6.30. The number of esters is 1. The molecule has 2 aromatic carbocycles. The van der Waals surface area contributed by atoms with Crippen LogP contribution in [0.4, 0.5) is 5.69 Å². The second kappa shape index (κ2) is 10.3. The van der Waals surface area contributed by atoms with Gasteiger partial charge in [0.05, 0.1) is 6.61 Å². The first-order valence-electron chi connectivity index (χ1n) is 8.41. The Morgan fingerprint density at radius 2 is 1.69 bits per heavy atom. The third-order valence-corrected chi connectivity index (χ3v) is 4.24. The molecule has 0 fully saturated rings. The molecule has 0 amide bonds. The van der Waals surface area contributed by atoms with Gasteiger partial charge in [-0.3, -0.25) is 0 Å². The SMILES string of the molecule is CCOC(=O)C(C)(CC)Oc1ccc(CNc2ccc(Cl)cc2)cc1.Cl. The van der Waals surface area contributed by atoms with Crippen molar-refractivity contribution in [3.8, 4) is 5.75 Å². The van der Waals surface area contributed by atoms with Crippen LogP contribution in [0.5, 0.6) is 5.75 Å². The molecule has 6 heteroatoms. The summed E-state index contributed by atoms with van der Waals surface area (Å²) < 4.78 is 11.0. The van der Waals surface area contributed by atoms with Gasteiger partial charge in [-0.1, -0.05) is 30.7 Å². The van der Waals surface area contributed by atoms with E-state index < -0.39 is 5.60 Å². The van der Waals surface area contributed by atoms with E-state index in [4.69, 9.17) is 21.1 Å². The Labute approximate surface area is 166 Å². The minimum atomic E-state index is -0.973. The fraction of sp³-hybridized carbons (Fsp3) is 0.350. The fourth-order valence-corrected chi connectivity index (χ4v) is 2.38. The molecule has 0 heterocycles. The highest BCUT2D eigenvalue weighted by atomic mass is 35.5. The summed E-state index contributed by atoms with van der Waals surface area (Å²) in [4.78, 5) is 12.1. The average Bonchev–Trinajstić information content (AvgIpc) is 2.62. The first kappa shape index (κ1) is 22.1. The lowest BCUT2D eigenvalue weighted by molar-refractivity contribution is -0.160. The molecule has 2 rings (SSSR count). The van der Waals surface area contributed by atoms with E-state index in [1.165, 1.54) is 0 Å². The van der Waals surface area contributed by atoms with E-state index in [1.807, 2.05) is 55.5 Å². The lowest BCUT2D eigenvalue weighted by Crippen LogP contribution is -2.42. The van der Waals surface area contributed by atoms with E-state index in [0.29, 0.717) is 30.3 Å². The van der Waals surface area contributed by atoms with E-state index in [9.17, 15) is 4.79 Å². The van der Waals surface area contributed by atoms with Crippen LogP contribution in [0.3, 0.4) is 0 Å². The largest absolute Gasteiger partial charge is 0.476 e. The Hall–Kier alpha value is -1.91. The van der Waals surface area contributed by atoms with Crippen LogP contribution >= 0.6 is 24.0 Å². The molecule has 0 radical (unpaired) electrons. The van der Waals surface area contributed by atoms with Gasteiger partial charge in [-0.2, -0.15) is 0 Å². The standard InChI is InChI=1S/C20H24ClNO3.ClH/c1-4-20(3,19(23)24-5-2)25-18-12-6-15(7-13-18)14-22-17-10-8-16(21)9-11-17;/h6-13,22H,4-5,14H2,1-3H3;1H. The molecular formula is C20H25Cl2NO3. The molecule has 0 spiro atoms.